The Morgan fingerprint density at radius 3 is 2.60 bits per heavy atom. The average Bonchev–Trinajstić information content (AvgIpc) is 3.04. The van der Waals surface area contributed by atoms with Crippen molar-refractivity contribution in [1.82, 2.24) is 9.88 Å². The number of hydrogen-bond acceptors (Lipinski definition) is 5. The predicted molar refractivity (Wildman–Crippen MR) is 108 cm³/mol. The zero-order valence-electron chi connectivity index (χ0n) is 16.3. The molecule has 4 rings (SSSR count). The van der Waals surface area contributed by atoms with Crippen LogP contribution in [0, 0.1) is 5.92 Å². The molecule has 2 aliphatic heterocycles. The van der Waals surface area contributed by atoms with Gasteiger partial charge in [-0.05, 0) is 42.2 Å². The highest BCUT2D eigenvalue weighted by Crippen LogP contribution is 2.46. The van der Waals surface area contributed by atoms with Crippen LogP contribution >= 0.6 is 0 Å². The molecule has 1 aromatic carbocycles. The van der Waals surface area contributed by atoms with Crippen LogP contribution in [0.25, 0.3) is 5.57 Å². The van der Waals surface area contributed by atoms with Gasteiger partial charge >= 0.3 is 5.97 Å². The number of benzene rings is 1. The summed E-state index contributed by atoms with van der Waals surface area (Å²) in [4.78, 5) is 41.6. The van der Waals surface area contributed by atoms with Crippen LogP contribution in [0.15, 0.2) is 54.5 Å². The van der Waals surface area contributed by atoms with E-state index in [1.165, 1.54) is 4.90 Å². The second kappa shape index (κ2) is 7.72. The van der Waals surface area contributed by atoms with Crippen molar-refractivity contribution in [3.63, 3.8) is 0 Å². The van der Waals surface area contributed by atoms with Crippen LogP contribution in [0.5, 0.6) is 0 Å². The fourth-order valence-electron chi connectivity index (χ4n) is 4.18. The van der Waals surface area contributed by atoms with E-state index in [0.717, 1.165) is 5.56 Å². The summed E-state index contributed by atoms with van der Waals surface area (Å²) in [5.41, 5.74) is 2.62. The Morgan fingerprint density at radius 1 is 1.27 bits per heavy atom. The molecule has 0 aliphatic carbocycles. The first-order chi connectivity index (χ1) is 14.4. The average molecular weight is 407 g/mol. The summed E-state index contributed by atoms with van der Waals surface area (Å²) in [7, 11) is 0. The number of carbonyl (C=O) groups excluding carboxylic acids is 2. The van der Waals surface area contributed by atoms with Gasteiger partial charge in [0.05, 0.1) is 36.4 Å². The number of rotatable bonds is 6. The second-order valence-electron chi connectivity index (χ2n) is 7.54. The molecule has 0 unspecified atom stereocenters. The number of aliphatic carboxylic acids is 1. The Balaban J connectivity index is 1.50. The molecule has 1 saturated heterocycles. The van der Waals surface area contributed by atoms with Crippen LogP contribution in [-0.2, 0) is 20.8 Å². The van der Waals surface area contributed by atoms with Crippen LogP contribution in [-0.4, -0.2) is 50.0 Å². The van der Waals surface area contributed by atoms with E-state index < -0.39 is 18.0 Å². The summed E-state index contributed by atoms with van der Waals surface area (Å²) in [5, 5.41) is 22.3. The number of carbonyl (C=O) groups is 3. The van der Waals surface area contributed by atoms with Gasteiger partial charge in [0.1, 0.15) is 5.70 Å². The van der Waals surface area contributed by atoms with Crippen molar-refractivity contribution >= 4 is 29.0 Å². The Labute approximate surface area is 172 Å². The largest absolute Gasteiger partial charge is 0.477 e. The molecule has 154 valence electrons. The lowest BCUT2D eigenvalue weighted by molar-refractivity contribution is -0.161. The molecule has 8 heteroatoms. The lowest BCUT2D eigenvalue weighted by atomic mass is 9.82. The van der Waals surface area contributed by atoms with Gasteiger partial charge in [-0.1, -0.05) is 24.3 Å². The minimum Gasteiger partial charge on any atom is -0.477 e. The highest BCUT2D eigenvalue weighted by atomic mass is 16.4. The molecule has 8 nitrogen and oxygen atoms in total. The van der Waals surface area contributed by atoms with Crippen molar-refractivity contribution in [3.8, 4) is 0 Å². The van der Waals surface area contributed by atoms with Gasteiger partial charge in [-0.2, -0.15) is 0 Å². The van der Waals surface area contributed by atoms with Gasteiger partial charge in [-0.15, -0.1) is 0 Å². The van der Waals surface area contributed by atoms with E-state index in [1.807, 2.05) is 0 Å². The SMILES string of the molecule is C[C@@H](O)[C@H]1C(=O)N2C(C(=O)O)=C(c3ccc(CC(=O)Nc4cccnc4)cc3)C[C@H]12. The van der Waals surface area contributed by atoms with Gasteiger partial charge < -0.3 is 20.4 Å². The number of carboxylic acid groups (broad SMARTS) is 1. The lowest BCUT2D eigenvalue weighted by Crippen LogP contribution is -2.61. The maximum absolute atomic E-state index is 12.3. The number of β-lactam (4-membered cyclic amide) rings is 1. The molecular weight excluding hydrogens is 386 g/mol. The molecule has 0 spiro atoms. The smallest absolute Gasteiger partial charge is 0.352 e. The van der Waals surface area contributed by atoms with E-state index in [1.54, 1.807) is 55.7 Å². The van der Waals surface area contributed by atoms with Crippen LogP contribution in [0.4, 0.5) is 5.69 Å². The van der Waals surface area contributed by atoms with Gasteiger partial charge in [0, 0.05) is 6.20 Å². The van der Waals surface area contributed by atoms with E-state index in [2.05, 4.69) is 10.3 Å². The minimum atomic E-state index is -1.16. The number of fused-ring (bicyclic) bond motifs is 1. The fraction of sp³-hybridized carbons (Fsp3) is 0.273. The normalized spacial score (nSPS) is 21.1. The first-order valence-electron chi connectivity index (χ1n) is 9.63. The number of hydrogen-bond donors (Lipinski definition) is 3. The van der Waals surface area contributed by atoms with Crippen molar-refractivity contribution < 1.29 is 24.6 Å². The molecule has 3 N–H and O–H groups in total. The zero-order valence-corrected chi connectivity index (χ0v) is 16.3. The molecule has 1 aromatic heterocycles. The lowest BCUT2D eigenvalue weighted by Gasteiger charge is -2.44. The highest BCUT2D eigenvalue weighted by molar-refractivity contribution is 6.06. The van der Waals surface area contributed by atoms with Gasteiger partial charge in [0.15, 0.2) is 0 Å². The maximum atomic E-state index is 12.3. The standard InChI is InChI=1S/C22H21N3O5/c1-12(26)19-17-10-16(20(22(29)30)25(17)21(19)28)14-6-4-13(5-7-14)9-18(27)24-15-3-2-8-23-11-15/h2-8,11-12,17,19,26H,9-10H2,1H3,(H,24,27)(H,29,30)/t12-,17-,19-/m1/s1. The number of amides is 2. The number of nitrogens with one attached hydrogen (secondary N) is 1. The predicted octanol–water partition coefficient (Wildman–Crippen LogP) is 1.67. The Morgan fingerprint density at radius 2 is 2.00 bits per heavy atom. The molecule has 2 aliphatic rings. The zero-order chi connectivity index (χ0) is 21.4. The summed E-state index contributed by atoms with van der Waals surface area (Å²) in [5.74, 6) is -2.28. The van der Waals surface area contributed by atoms with Crippen LogP contribution in [0.3, 0.4) is 0 Å². The number of nitrogens with zero attached hydrogens (tertiary/aromatic N) is 2. The molecule has 3 atom stereocenters. The Hall–Kier alpha value is -3.52. The summed E-state index contributed by atoms with van der Waals surface area (Å²) < 4.78 is 0. The quantitative estimate of drug-likeness (QED) is 0.627. The second-order valence-corrected chi connectivity index (χ2v) is 7.54. The molecule has 2 amide bonds. The van der Waals surface area contributed by atoms with Crippen molar-refractivity contribution in [3.05, 3.63) is 65.6 Å². The molecule has 1 fully saturated rings. The van der Waals surface area contributed by atoms with Gasteiger partial charge in [-0.3, -0.25) is 14.6 Å². The number of aliphatic hydroxyl groups excluding tert-OH is 1. The molecule has 0 saturated carbocycles. The fourth-order valence-corrected chi connectivity index (χ4v) is 4.18. The van der Waals surface area contributed by atoms with Gasteiger partial charge in [0.2, 0.25) is 11.8 Å². The van der Waals surface area contributed by atoms with Gasteiger partial charge in [0.25, 0.3) is 0 Å². The number of carboxylic acids is 1. The van der Waals surface area contributed by atoms with Crippen LogP contribution in [0.1, 0.15) is 24.5 Å². The summed E-state index contributed by atoms with van der Waals surface area (Å²) >= 11 is 0. The minimum absolute atomic E-state index is 0.0241. The van der Waals surface area contributed by atoms with E-state index in [0.29, 0.717) is 23.2 Å². The first-order valence-corrected chi connectivity index (χ1v) is 9.63. The van der Waals surface area contributed by atoms with Crippen molar-refractivity contribution in [1.29, 1.82) is 0 Å². The highest BCUT2D eigenvalue weighted by Gasteiger charge is 2.56. The van der Waals surface area contributed by atoms with Crippen LogP contribution in [0.2, 0.25) is 0 Å². The van der Waals surface area contributed by atoms with E-state index in [9.17, 15) is 24.6 Å². The monoisotopic (exact) mass is 407 g/mol. The summed E-state index contributed by atoms with van der Waals surface area (Å²) in [6.07, 6.45) is 2.90. The van der Waals surface area contributed by atoms with Crippen LogP contribution < -0.4 is 5.32 Å². The van der Waals surface area contributed by atoms with Crippen molar-refractivity contribution in [2.75, 3.05) is 5.32 Å². The third-order valence-corrected chi connectivity index (χ3v) is 5.54. The molecule has 0 bridgehead atoms. The maximum Gasteiger partial charge on any atom is 0.352 e. The van der Waals surface area contributed by atoms with Crippen molar-refractivity contribution in [2.24, 2.45) is 5.92 Å². The number of anilines is 1. The number of aromatic nitrogens is 1. The Kier molecular flexibility index (Phi) is 5.09. The molecule has 0 radical (unpaired) electrons. The third-order valence-electron chi connectivity index (χ3n) is 5.54. The molecule has 30 heavy (non-hydrogen) atoms. The molecule has 3 heterocycles. The summed E-state index contributed by atoms with van der Waals surface area (Å²) in [6.45, 7) is 1.55. The van der Waals surface area contributed by atoms with E-state index in [4.69, 9.17) is 0 Å². The molecule has 2 aromatic rings. The van der Waals surface area contributed by atoms with Crippen molar-refractivity contribution in [2.45, 2.75) is 31.9 Å². The topological polar surface area (TPSA) is 120 Å². The number of pyridine rings is 1. The third kappa shape index (κ3) is 3.46. The number of aliphatic hydroxyl groups is 1. The Bertz CT molecular complexity index is 1030. The molecular formula is C22H21N3O5. The van der Waals surface area contributed by atoms with E-state index in [-0.39, 0.29) is 30.0 Å². The summed E-state index contributed by atoms with van der Waals surface area (Å²) in [6, 6.07) is 10.2. The van der Waals surface area contributed by atoms with E-state index >= 15 is 0 Å². The van der Waals surface area contributed by atoms with Gasteiger partial charge in [-0.25, -0.2) is 4.79 Å². The first kappa shape index (κ1) is 19.8.